The van der Waals surface area contributed by atoms with E-state index in [1.807, 2.05) is 0 Å². The zero-order valence-corrected chi connectivity index (χ0v) is 11.8. The standard InChI is InChI=1S/C14H19N5O2/c15-13(20)10-1-5-18(6-2-10)11-8-19(9-11)14(21)12-7-16-3-4-17-12/h3-4,7,10-11H,1-2,5-6,8-9H2,(H2,15,20). The Kier molecular flexibility index (Phi) is 3.83. The maximum atomic E-state index is 12.1. The minimum absolute atomic E-state index is 0.0126. The summed E-state index contributed by atoms with van der Waals surface area (Å²) in [5.41, 5.74) is 5.73. The minimum atomic E-state index is -0.192. The van der Waals surface area contributed by atoms with Gasteiger partial charge >= 0.3 is 0 Å². The van der Waals surface area contributed by atoms with Crippen LogP contribution in [-0.2, 0) is 4.79 Å². The van der Waals surface area contributed by atoms with Crippen LogP contribution in [-0.4, -0.2) is 63.8 Å². The van der Waals surface area contributed by atoms with Crippen LogP contribution in [0.1, 0.15) is 23.3 Å². The summed E-state index contributed by atoms with van der Waals surface area (Å²) in [6, 6.07) is 0.388. The Bertz CT molecular complexity index is 521. The van der Waals surface area contributed by atoms with Crippen molar-refractivity contribution in [2.75, 3.05) is 26.2 Å². The molecule has 3 rings (SSSR count). The van der Waals surface area contributed by atoms with Gasteiger partial charge in [0.15, 0.2) is 0 Å². The van der Waals surface area contributed by atoms with Gasteiger partial charge in [-0.3, -0.25) is 19.5 Å². The number of primary amides is 1. The van der Waals surface area contributed by atoms with Gasteiger partial charge in [-0.1, -0.05) is 0 Å². The Labute approximate surface area is 123 Å². The fourth-order valence-corrected chi connectivity index (χ4v) is 2.97. The van der Waals surface area contributed by atoms with E-state index in [-0.39, 0.29) is 17.7 Å². The Morgan fingerprint density at radius 3 is 2.48 bits per heavy atom. The monoisotopic (exact) mass is 289 g/mol. The first-order valence-electron chi connectivity index (χ1n) is 7.24. The van der Waals surface area contributed by atoms with Crippen LogP contribution in [0.2, 0.25) is 0 Å². The van der Waals surface area contributed by atoms with Crippen LogP contribution in [0.15, 0.2) is 18.6 Å². The summed E-state index contributed by atoms with van der Waals surface area (Å²) in [6.45, 7) is 3.20. The lowest BCUT2D eigenvalue weighted by Gasteiger charge is -2.47. The smallest absolute Gasteiger partial charge is 0.274 e. The first kappa shape index (κ1) is 13.9. The molecule has 0 spiro atoms. The topological polar surface area (TPSA) is 92.4 Å². The number of nitrogens with zero attached hydrogens (tertiary/aromatic N) is 4. The molecule has 2 aliphatic heterocycles. The molecule has 3 heterocycles. The fourth-order valence-electron chi connectivity index (χ4n) is 2.97. The van der Waals surface area contributed by atoms with Crippen molar-refractivity contribution in [2.24, 2.45) is 11.7 Å². The molecule has 0 aliphatic carbocycles. The molecule has 1 aromatic heterocycles. The maximum absolute atomic E-state index is 12.1. The number of nitrogens with two attached hydrogens (primary N) is 1. The number of carbonyl (C=O) groups is 2. The van der Waals surface area contributed by atoms with Crippen molar-refractivity contribution in [2.45, 2.75) is 18.9 Å². The zero-order chi connectivity index (χ0) is 14.8. The van der Waals surface area contributed by atoms with Crippen molar-refractivity contribution in [3.05, 3.63) is 24.3 Å². The highest BCUT2D eigenvalue weighted by Crippen LogP contribution is 2.23. The fraction of sp³-hybridized carbons (Fsp3) is 0.571. The van der Waals surface area contributed by atoms with Crippen molar-refractivity contribution in [3.8, 4) is 0 Å². The van der Waals surface area contributed by atoms with Gasteiger partial charge < -0.3 is 10.6 Å². The largest absolute Gasteiger partial charge is 0.369 e. The summed E-state index contributed by atoms with van der Waals surface area (Å²) in [5.74, 6) is -0.243. The number of carbonyl (C=O) groups excluding carboxylic acids is 2. The molecular weight excluding hydrogens is 270 g/mol. The highest BCUT2D eigenvalue weighted by atomic mass is 16.2. The van der Waals surface area contributed by atoms with E-state index in [4.69, 9.17) is 5.73 Å². The Balaban J connectivity index is 1.48. The summed E-state index contributed by atoms with van der Waals surface area (Å²) < 4.78 is 0. The lowest BCUT2D eigenvalue weighted by Crippen LogP contribution is -2.62. The molecule has 0 unspecified atom stereocenters. The van der Waals surface area contributed by atoms with Crippen LogP contribution in [0.5, 0.6) is 0 Å². The molecule has 2 amide bonds. The molecule has 0 atom stereocenters. The number of amides is 2. The Morgan fingerprint density at radius 1 is 1.19 bits per heavy atom. The van der Waals surface area contributed by atoms with Gasteiger partial charge in [0, 0.05) is 37.4 Å². The van der Waals surface area contributed by atoms with Gasteiger partial charge in [-0.05, 0) is 25.9 Å². The number of rotatable bonds is 3. The van der Waals surface area contributed by atoms with E-state index in [1.54, 1.807) is 11.1 Å². The lowest BCUT2D eigenvalue weighted by molar-refractivity contribution is -0.123. The highest BCUT2D eigenvalue weighted by Gasteiger charge is 2.37. The third-order valence-electron chi connectivity index (χ3n) is 4.38. The van der Waals surface area contributed by atoms with Crippen molar-refractivity contribution < 1.29 is 9.59 Å². The summed E-state index contributed by atoms with van der Waals surface area (Å²) in [6.07, 6.45) is 6.22. The van der Waals surface area contributed by atoms with Crippen LogP contribution in [0.4, 0.5) is 0 Å². The van der Waals surface area contributed by atoms with Gasteiger partial charge in [-0.15, -0.1) is 0 Å². The molecule has 21 heavy (non-hydrogen) atoms. The van der Waals surface area contributed by atoms with E-state index in [0.29, 0.717) is 11.7 Å². The second kappa shape index (κ2) is 5.77. The highest BCUT2D eigenvalue weighted by molar-refractivity contribution is 5.92. The predicted octanol–water partition coefficient (Wildman–Crippen LogP) is -0.502. The summed E-state index contributed by atoms with van der Waals surface area (Å²) in [4.78, 5) is 35.4. The van der Waals surface area contributed by atoms with Crippen LogP contribution in [0, 0.1) is 5.92 Å². The number of hydrogen-bond donors (Lipinski definition) is 1. The second-order valence-electron chi connectivity index (χ2n) is 5.67. The van der Waals surface area contributed by atoms with Crippen molar-refractivity contribution in [1.82, 2.24) is 19.8 Å². The molecule has 0 aromatic carbocycles. The molecule has 0 bridgehead atoms. The molecule has 2 aliphatic rings. The number of aromatic nitrogens is 2. The average Bonchev–Trinajstić information content (AvgIpc) is 2.47. The quantitative estimate of drug-likeness (QED) is 0.809. The molecule has 2 saturated heterocycles. The van der Waals surface area contributed by atoms with E-state index in [0.717, 1.165) is 39.0 Å². The second-order valence-corrected chi connectivity index (χ2v) is 5.67. The van der Waals surface area contributed by atoms with E-state index < -0.39 is 0 Å². The van der Waals surface area contributed by atoms with E-state index in [9.17, 15) is 9.59 Å². The van der Waals surface area contributed by atoms with Gasteiger partial charge in [-0.25, -0.2) is 4.98 Å². The van der Waals surface area contributed by atoms with E-state index >= 15 is 0 Å². The Hall–Kier alpha value is -2.02. The van der Waals surface area contributed by atoms with Crippen molar-refractivity contribution in [1.29, 1.82) is 0 Å². The first-order chi connectivity index (χ1) is 10.1. The molecule has 0 saturated carbocycles. The van der Waals surface area contributed by atoms with Gasteiger partial charge in [0.1, 0.15) is 5.69 Å². The molecule has 2 fully saturated rings. The van der Waals surface area contributed by atoms with Gasteiger partial charge in [0.2, 0.25) is 5.91 Å². The number of likely N-dealkylation sites (tertiary alicyclic amines) is 2. The Morgan fingerprint density at radius 2 is 1.90 bits per heavy atom. The van der Waals surface area contributed by atoms with Gasteiger partial charge in [-0.2, -0.15) is 0 Å². The van der Waals surface area contributed by atoms with Crippen LogP contribution < -0.4 is 5.73 Å². The SMILES string of the molecule is NC(=O)C1CCN(C2CN(C(=O)c3cnccn3)C2)CC1. The van der Waals surface area contributed by atoms with Gasteiger partial charge in [0.25, 0.3) is 5.91 Å². The third kappa shape index (κ3) is 2.87. The van der Waals surface area contributed by atoms with Crippen LogP contribution in [0.25, 0.3) is 0 Å². The van der Waals surface area contributed by atoms with Crippen LogP contribution in [0.3, 0.4) is 0 Å². The molecule has 7 nitrogen and oxygen atoms in total. The number of piperidine rings is 1. The third-order valence-corrected chi connectivity index (χ3v) is 4.38. The molecule has 2 N–H and O–H groups in total. The van der Waals surface area contributed by atoms with Gasteiger partial charge in [0.05, 0.1) is 6.20 Å². The molecular formula is C14H19N5O2. The summed E-state index contributed by atoms with van der Waals surface area (Å²) in [7, 11) is 0. The van der Waals surface area contributed by atoms with Crippen LogP contribution >= 0.6 is 0 Å². The number of hydrogen-bond acceptors (Lipinski definition) is 5. The van der Waals surface area contributed by atoms with Crippen molar-refractivity contribution >= 4 is 11.8 Å². The van der Waals surface area contributed by atoms with Crippen molar-refractivity contribution in [3.63, 3.8) is 0 Å². The molecule has 112 valence electrons. The average molecular weight is 289 g/mol. The normalized spacial score (nSPS) is 21.0. The molecule has 0 radical (unpaired) electrons. The maximum Gasteiger partial charge on any atom is 0.274 e. The molecule has 1 aromatic rings. The lowest BCUT2D eigenvalue weighted by atomic mass is 9.93. The molecule has 7 heteroatoms. The zero-order valence-electron chi connectivity index (χ0n) is 11.8. The van der Waals surface area contributed by atoms with E-state index in [1.165, 1.54) is 12.4 Å². The van der Waals surface area contributed by atoms with E-state index in [2.05, 4.69) is 14.9 Å². The summed E-state index contributed by atoms with van der Waals surface area (Å²) >= 11 is 0. The summed E-state index contributed by atoms with van der Waals surface area (Å²) in [5, 5.41) is 0. The first-order valence-corrected chi connectivity index (χ1v) is 7.24. The predicted molar refractivity (Wildman–Crippen MR) is 75.2 cm³/mol. The minimum Gasteiger partial charge on any atom is -0.369 e.